The van der Waals surface area contributed by atoms with E-state index in [1.165, 1.54) is 24.3 Å². The number of nitrogens with one attached hydrogen (secondary N) is 1. The number of carboxylic acid groups (broad SMARTS) is 1. The van der Waals surface area contributed by atoms with Gasteiger partial charge in [-0.1, -0.05) is 13.3 Å². The Balaban J connectivity index is 2.69. The van der Waals surface area contributed by atoms with Gasteiger partial charge in [0.2, 0.25) is 0 Å². The van der Waals surface area contributed by atoms with Crippen LogP contribution in [-0.4, -0.2) is 37.2 Å². The van der Waals surface area contributed by atoms with Gasteiger partial charge < -0.3 is 10.4 Å². The second-order valence-electron chi connectivity index (χ2n) is 5.50. The fourth-order valence-electron chi connectivity index (χ4n) is 1.99. The molecule has 0 radical (unpaired) electrons. The van der Waals surface area contributed by atoms with E-state index < -0.39 is 15.8 Å². The molecule has 0 aliphatic carbocycles. The summed E-state index contributed by atoms with van der Waals surface area (Å²) in [5.41, 5.74) is 0.349. The molecule has 128 valence electrons. The molecule has 0 saturated carbocycles. The van der Waals surface area contributed by atoms with Crippen LogP contribution in [0.4, 0.5) is 0 Å². The van der Waals surface area contributed by atoms with Crippen molar-refractivity contribution in [2.45, 2.75) is 50.5 Å². The number of carbonyl (C=O) groups excluding carboxylic acids is 1. The Labute approximate surface area is 136 Å². The molecule has 1 aromatic carbocycles. The average Bonchev–Trinajstić information content (AvgIpc) is 2.51. The van der Waals surface area contributed by atoms with Gasteiger partial charge >= 0.3 is 5.97 Å². The van der Waals surface area contributed by atoms with Crippen LogP contribution in [0.3, 0.4) is 0 Å². The summed E-state index contributed by atoms with van der Waals surface area (Å²) in [4.78, 5) is 22.7. The van der Waals surface area contributed by atoms with E-state index in [4.69, 9.17) is 5.11 Å². The third-order valence-corrected chi connectivity index (χ3v) is 5.23. The maximum atomic E-state index is 12.0. The number of rotatable bonds is 9. The van der Waals surface area contributed by atoms with E-state index in [1.54, 1.807) is 6.92 Å². The molecule has 0 aromatic heterocycles. The molecule has 0 aliphatic rings. The largest absolute Gasteiger partial charge is 0.481 e. The summed E-state index contributed by atoms with van der Waals surface area (Å²) in [5.74, 6) is -1.16. The summed E-state index contributed by atoms with van der Waals surface area (Å²) in [6, 6.07) is 5.53. The predicted octanol–water partition coefficient (Wildman–Crippen LogP) is 2.24. The highest BCUT2D eigenvalue weighted by atomic mass is 32.2. The third kappa shape index (κ3) is 6.40. The van der Waals surface area contributed by atoms with Gasteiger partial charge in [0.25, 0.3) is 5.91 Å². The van der Waals surface area contributed by atoms with Crippen LogP contribution in [0, 0.1) is 0 Å². The van der Waals surface area contributed by atoms with Crippen LogP contribution in [0.1, 0.15) is 49.9 Å². The zero-order valence-corrected chi connectivity index (χ0v) is 14.2. The molecule has 0 aliphatic heterocycles. The molecule has 0 spiro atoms. The topological polar surface area (TPSA) is 101 Å². The van der Waals surface area contributed by atoms with Crippen LogP contribution in [0.15, 0.2) is 29.2 Å². The van der Waals surface area contributed by atoms with Gasteiger partial charge in [-0.2, -0.15) is 0 Å². The van der Waals surface area contributed by atoms with Crippen molar-refractivity contribution in [3.8, 4) is 0 Å². The van der Waals surface area contributed by atoms with Gasteiger partial charge in [0.1, 0.15) is 0 Å². The van der Waals surface area contributed by atoms with Crippen LogP contribution in [-0.2, 0) is 14.6 Å². The van der Waals surface area contributed by atoms with Gasteiger partial charge in [-0.05, 0) is 44.0 Å². The molecule has 23 heavy (non-hydrogen) atoms. The molecule has 1 aromatic rings. The lowest BCUT2D eigenvalue weighted by atomic mass is 10.1. The van der Waals surface area contributed by atoms with Crippen LogP contribution < -0.4 is 5.32 Å². The van der Waals surface area contributed by atoms with E-state index in [0.717, 1.165) is 6.42 Å². The molecule has 7 heteroatoms. The Morgan fingerprint density at radius 3 is 2.35 bits per heavy atom. The minimum Gasteiger partial charge on any atom is -0.481 e. The standard InChI is InChI=1S/C16H23NO5S/c1-3-4-11-23(21,22)14-8-6-13(7-9-14)16(20)17-12(2)5-10-15(18)19/h6-9,12H,3-5,10-11H2,1-2H3,(H,17,20)(H,18,19). The van der Waals surface area contributed by atoms with Crippen LogP contribution in [0.2, 0.25) is 0 Å². The van der Waals surface area contributed by atoms with Gasteiger partial charge in [0.05, 0.1) is 10.6 Å². The van der Waals surface area contributed by atoms with Gasteiger partial charge in [-0.25, -0.2) is 8.42 Å². The number of aliphatic carboxylic acids is 1. The number of unbranched alkanes of at least 4 members (excludes halogenated alkanes) is 1. The van der Waals surface area contributed by atoms with Crippen LogP contribution in [0.25, 0.3) is 0 Å². The number of carboxylic acids is 1. The van der Waals surface area contributed by atoms with Crippen LogP contribution >= 0.6 is 0 Å². The SMILES string of the molecule is CCCCS(=O)(=O)c1ccc(C(=O)NC(C)CCC(=O)O)cc1. The van der Waals surface area contributed by atoms with Crippen molar-refractivity contribution in [2.24, 2.45) is 0 Å². The highest BCUT2D eigenvalue weighted by Gasteiger charge is 2.15. The highest BCUT2D eigenvalue weighted by molar-refractivity contribution is 7.91. The summed E-state index contributed by atoms with van der Waals surface area (Å²) >= 11 is 0. The number of amides is 1. The first-order chi connectivity index (χ1) is 10.8. The van der Waals surface area contributed by atoms with E-state index in [9.17, 15) is 18.0 Å². The summed E-state index contributed by atoms with van der Waals surface area (Å²) in [6.07, 6.45) is 1.72. The maximum absolute atomic E-state index is 12.0. The lowest BCUT2D eigenvalue weighted by molar-refractivity contribution is -0.137. The first-order valence-corrected chi connectivity index (χ1v) is 9.27. The van der Waals surface area contributed by atoms with Crippen molar-refractivity contribution >= 4 is 21.7 Å². The van der Waals surface area contributed by atoms with Gasteiger partial charge in [0, 0.05) is 18.0 Å². The Hall–Kier alpha value is -1.89. The van der Waals surface area contributed by atoms with Gasteiger partial charge in [-0.3, -0.25) is 9.59 Å². The van der Waals surface area contributed by atoms with Crippen molar-refractivity contribution in [2.75, 3.05) is 5.75 Å². The van der Waals surface area contributed by atoms with Crippen molar-refractivity contribution in [1.29, 1.82) is 0 Å². The highest BCUT2D eigenvalue weighted by Crippen LogP contribution is 2.14. The fourth-order valence-corrected chi connectivity index (χ4v) is 3.44. The van der Waals surface area contributed by atoms with E-state index in [1.807, 2.05) is 6.92 Å². The zero-order valence-electron chi connectivity index (χ0n) is 13.4. The molecular weight excluding hydrogens is 318 g/mol. The Morgan fingerprint density at radius 2 is 1.83 bits per heavy atom. The van der Waals surface area contributed by atoms with Gasteiger partial charge in [-0.15, -0.1) is 0 Å². The zero-order chi connectivity index (χ0) is 17.5. The molecule has 0 bridgehead atoms. The number of hydrogen-bond acceptors (Lipinski definition) is 4. The molecule has 0 heterocycles. The normalized spacial score (nSPS) is 12.6. The van der Waals surface area contributed by atoms with Crippen molar-refractivity contribution in [3.63, 3.8) is 0 Å². The molecule has 6 nitrogen and oxygen atoms in total. The van der Waals surface area contributed by atoms with Gasteiger partial charge in [0.15, 0.2) is 9.84 Å². The summed E-state index contributed by atoms with van der Waals surface area (Å²) in [7, 11) is -3.30. The Bertz CT molecular complexity index is 637. The number of sulfone groups is 1. The quantitative estimate of drug-likeness (QED) is 0.717. The molecule has 1 amide bonds. The van der Waals surface area contributed by atoms with Crippen molar-refractivity contribution in [3.05, 3.63) is 29.8 Å². The Kier molecular flexibility index (Phi) is 7.22. The molecule has 1 rings (SSSR count). The number of benzene rings is 1. The molecule has 1 unspecified atom stereocenters. The minimum atomic E-state index is -3.30. The molecule has 1 atom stereocenters. The second kappa shape index (κ2) is 8.67. The molecule has 0 saturated heterocycles. The first kappa shape index (κ1) is 19.2. The van der Waals surface area contributed by atoms with Crippen LogP contribution in [0.5, 0.6) is 0 Å². The number of carbonyl (C=O) groups is 2. The fraction of sp³-hybridized carbons (Fsp3) is 0.500. The third-order valence-electron chi connectivity index (χ3n) is 3.41. The minimum absolute atomic E-state index is 0.0178. The molecular formula is C16H23NO5S. The summed E-state index contributed by atoms with van der Waals surface area (Å²) < 4.78 is 24.1. The lowest BCUT2D eigenvalue weighted by Crippen LogP contribution is -2.32. The monoisotopic (exact) mass is 341 g/mol. The average molecular weight is 341 g/mol. The molecule has 0 fully saturated rings. The maximum Gasteiger partial charge on any atom is 0.303 e. The summed E-state index contributed by atoms with van der Waals surface area (Å²) in [5, 5.41) is 11.3. The number of hydrogen-bond donors (Lipinski definition) is 2. The van der Waals surface area contributed by atoms with E-state index in [-0.39, 0.29) is 29.0 Å². The predicted molar refractivity (Wildman–Crippen MR) is 87.2 cm³/mol. The molecule has 2 N–H and O–H groups in total. The first-order valence-electron chi connectivity index (χ1n) is 7.61. The van der Waals surface area contributed by atoms with E-state index in [2.05, 4.69) is 5.32 Å². The summed E-state index contributed by atoms with van der Waals surface area (Å²) in [6.45, 7) is 3.65. The van der Waals surface area contributed by atoms with E-state index >= 15 is 0 Å². The smallest absolute Gasteiger partial charge is 0.303 e. The lowest BCUT2D eigenvalue weighted by Gasteiger charge is -2.13. The van der Waals surface area contributed by atoms with E-state index in [0.29, 0.717) is 18.4 Å². The van der Waals surface area contributed by atoms with Crippen molar-refractivity contribution in [1.82, 2.24) is 5.32 Å². The van der Waals surface area contributed by atoms with Crippen molar-refractivity contribution < 1.29 is 23.1 Å². The Morgan fingerprint density at radius 1 is 1.22 bits per heavy atom. The second-order valence-corrected chi connectivity index (χ2v) is 7.61.